The predicted octanol–water partition coefficient (Wildman–Crippen LogP) is 10.1. The minimum absolute atomic E-state index is 0.0546. The molecule has 0 atom stereocenters. The molecule has 1 aliphatic rings. The Morgan fingerprint density at radius 3 is 2.08 bits per heavy atom. The van der Waals surface area contributed by atoms with Crippen molar-refractivity contribution < 1.29 is 23.0 Å². The highest BCUT2D eigenvalue weighted by molar-refractivity contribution is 5.75. The first kappa shape index (κ1) is 30.1. The van der Waals surface area contributed by atoms with Crippen LogP contribution in [0.5, 0.6) is 11.5 Å². The monoisotopic (exact) mass is 528 g/mol. The normalized spacial score (nSPS) is 17.4. The van der Waals surface area contributed by atoms with Gasteiger partial charge in [-0.2, -0.15) is 4.39 Å². The lowest BCUT2D eigenvalue weighted by atomic mass is 9.80. The molecule has 0 N–H and O–H groups in total. The quantitative estimate of drug-likeness (QED) is 0.123. The van der Waals surface area contributed by atoms with Gasteiger partial charge in [-0.05, 0) is 67.9 Å². The summed E-state index contributed by atoms with van der Waals surface area (Å²) in [5.74, 6) is -1.03. The van der Waals surface area contributed by atoms with Gasteiger partial charge in [0, 0.05) is 5.56 Å². The number of hydrogen-bond donors (Lipinski definition) is 0. The fourth-order valence-corrected chi connectivity index (χ4v) is 5.38. The van der Waals surface area contributed by atoms with Crippen LogP contribution in [0.3, 0.4) is 0 Å². The number of esters is 1. The van der Waals surface area contributed by atoms with E-state index in [9.17, 15) is 13.6 Å². The van der Waals surface area contributed by atoms with E-state index in [4.69, 9.17) is 9.47 Å². The van der Waals surface area contributed by atoms with E-state index < -0.39 is 11.6 Å². The molecule has 0 bridgehead atoms. The number of hydrogen-bond acceptors (Lipinski definition) is 3. The van der Waals surface area contributed by atoms with Crippen molar-refractivity contribution in [3.8, 4) is 22.6 Å². The van der Waals surface area contributed by atoms with Crippen LogP contribution >= 0.6 is 0 Å². The number of benzene rings is 2. The van der Waals surface area contributed by atoms with E-state index in [2.05, 4.69) is 13.8 Å². The molecule has 1 aliphatic carbocycles. The van der Waals surface area contributed by atoms with E-state index in [1.807, 2.05) is 0 Å². The fourth-order valence-electron chi connectivity index (χ4n) is 5.38. The summed E-state index contributed by atoms with van der Waals surface area (Å²) >= 11 is 0. The van der Waals surface area contributed by atoms with Gasteiger partial charge in [-0.15, -0.1) is 0 Å². The summed E-state index contributed by atoms with van der Waals surface area (Å²) in [6.45, 7) is 4.78. The van der Waals surface area contributed by atoms with Crippen molar-refractivity contribution in [2.75, 3.05) is 6.61 Å². The molecule has 0 saturated heterocycles. The maximum atomic E-state index is 14.8. The molecule has 2 aromatic carbocycles. The van der Waals surface area contributed by atoms with Crippen LogP contribution in [-0.4, -0.2) is 12.6 Å². The van der Waals surface area contributed by atoms with E-state index in [0.717, 1.165) is 50.9 Å². The van der Waals surface area contributed by atoms with E-state index in [-0.39, 0.29) is 23.2 Å². The molecule has 0 aliphatic heterocycles. The molecular weight excluding hydrogens is 482 g/mol. The summed E-state index contributed by atoms with van der Waals surface area (Å²) in [7, 11) is 0. The van der Waals surface area contributed by atoms with Crippen LogP contribution in [0, 0.1) is 23.5 Å². The second-order valence-electron chi connectivity index (χ2n) is 10.9. The first-order valence-corrected chi connectivity index (χ1v) is 15.0. The van der Waals surface area contributed by atoms with Crippen LogP contribution in [-0.2, 0) is 4.79 Å². The zero-order valence-corrected chi connectivity index (χ0v) is 23.4. The molecule has 0 spiro atoms. The Hall–Kier alpha value is -2.43. The summed E-state index contributed by atoms with van der Waals surface area (Å²) in [6.07, 6.45) is 17.0. The zero-order chi connectivity index (χ0) is 27.2. The topological polar surface area (TPSA) is 35.5 Å². The second kappa shape index (κ2) is 16.5. The number of halogens is 2. The third kappa shape index (κ3) is 9.39. The van der Waals surface area contributed by atoms with Crippen LogP contribution in [0.25, 0.3) is 11.1 Å². The minimum atomic E-state index is -0.968. The first-order valence-electron chi connectivity index (χ1n) is 15.0. The highest BCUT2D eigenvalue weighted by Crippen LogP contribution is 2.34. The molecule has 0 radical (unpaired) electrons. The Morgan fingerprint density at radius 1 is 0.763 bits per heavy atom. The lowest BCUT2D eigenvalue weighted by Crippen LogP contribution is -2.25. The average Bonchev–Trinajstić information content (AvgIpc) is 2.94. The Morgan fingerprint density at radius 2 is 1.39 bits per heavy atom. The van der Waals surface area contributed by atoms with Gasteiger partial charge in [-0.3, -0.25) is 4.79 Å². The highest BCUT2D eigenvalue weighted by atomic mass is 19.2. The maximum absolute atomic E-state index is 14.8. The number of rotatable bonds is 16. The van der Waals surface area contributed by atoms with Crippen LogP contribution < -0.4 is 9.47 Å². The van der Waals surface area contributed by atoms with Gasteiger partial charge in [-0.25, -0.2) is 4.39 Å². The first-order chi connectivity index (χ1) is 18.5. The van der Waals surface area contributed by atoms with Crippen molar-refractivity contribution in [3.63, 3.8) is 0 Å². The van der Waals surface area contributed by atoms with Crippen molar-refractivity contribution in [1.82, 2.24) is 0 Å². The van der Waals surface area contributed by atoms with Crippen molar-refractivity contribution >= 4 is 5.97 Å². The summed E-state index contributed by atoms with van der Waals surface area (Å²) in [5, 5.41) is 0. The Labute approximate surface area is 228 Å². The Balaban J connectivity index is 1.46. The smallest absolute Gasteiger partial charge is 0.314 e. The Bertz CT molecular complexity index is 965. The van der Waals surface area contributed by atoms with Gasteiger partial charge < -0.3 is 9.47 Å². The molecule has 1 fully saturated rings. The van der Waals surface area contributed by atoms with E-state index in [0.29, 0.717) is 17.9 Å². The third-order valence-electron chi connectivity index (χ3n) is 7.83. The summed E-state index contributed by atoms with van der Waals surface area (Å²) < 4.78 is 40.6. The summed E-state index contributed by atoms with van der Waals surface area (Å²) in [6, 6.07) is 9.63. The number of carbonyl (C=O) groups excluding carboxylic acids is 1. The molecule has 3 rings (SSSR count). The van der Waals surface area contributed by atoms with Gasteiger partial charge in [0.15, 0.2) is 11.6 Å². The van der Waals surface area contributed by atoms with E-state index >= 15 is 0 Å². The molecule has 2 aromatic rings. The van der Waals surface area contributed by atoms with Gasteiger partial charge >= 0.3 is 5.97 Å². The lowest BCUT2D eigenvalue weighted by molar-refractivity contribution is -0.140. The lowest BCUT2D eigenvalue weighted by Gasteiger charge is -2.27. The standard InChI is InChI=1S/C33H46F2O3/c1-3-5-7-9-10-12-24-37-30-23-22-29(31(34)32(30)35)26-18-20-28(21-19-26)38-33(36)27-16-14-25(15-17-27)13-11-8-6-4-2/h18-23,25,27H,3-17,24H2,1-2H3. The van der Waals surface area contributed by atoms with Crippen LogP contribution in [0.1, 0.15) is 110 Å². The second-order valence-corrected chi connectivity index (χ2v) is 10.9. The molecular formula is C33H46F2O3. The SMILES string of the molecule is CCCCCCCCOc1ccc(-c2ccc(OC(=O)C3CCC(CCCCCC)CC3)cc2)c(F)c1F. The molecule has 5 heteroatoms. The van der Waals surface area contributed by atoms with Crippen LogP contribution in [0.15, 0.2) is 36.4 Å². The van der Waals surface area contributed by atoms with Crippen molar-refractivity contribution in [2.45, 2.75) is 110 Å². The minimum Gasteiger partial charge on any atom is -0.490 e. The van der Waals surface area contributed by atoms with E-state index in [1.54, 1.807) is 24.3 Å². The number of ether oxygens (including phenoxy) is 2. The molecule has 1 saturated carbocycles. The zero-order valence-electron chi connectivity index (χ0n) is 23.4. The van der Waals surface area contributed by atoms with Gasteiger partial charge in [0.2, 0.25) is 5.82 Å². The van der Waals surface area contributed by atoms with Crippen molar-refractivity contribution in [3.05, 3.63) is 48.0 Å². The predicted molar refractivity (Wildman–Crippen MR) is 151 cm³/mol. The largest absolute Gasteiger partial charge is 0.490 e. The molecule has 0 amide bonds. The van der Waals surface area contributed by atoms with Gasteiger partial charge in [0.05, 0.1) is 12.5 Å². The van der Waals surface area contributed by atoms with Gasteiger partial charge in [0.1, 0.15) is 5.75 Å². The molecule has 0 unspecified atom stereocenters. The average molecular weight is 529 g/mol. The van der Waals surface area contributed by atoms with Gasteiger partial charge in [-0.1, -0.05) is 90.2 Å². The molecule has 0 aromatic heterocycles. The molecule has 210 valence electrons. The molecule has 38 heavy (non-hydrogen) atoms. The van der Waals surface area contributed by atoms with Crippen molar-refractivity contribution in [2.24, 2.45) is 11.8 Å². The fraction of sp³-hybridized carbons (Fsp3) is 0.606. The van der Waals surface area contributed by atoms with Crippen molar-refractivity contribution in [1.29, 1.82) is 0 Å². The number of carbonyl (C=O) groups is 1. The Kier molecular flexibility index (Phi) is 13.1. The van der Waals surface area contributed by atoms with E-state index in [1.165, 1.54) is 63.5 Å². The number of unbranched alkanes of at least 4 members (excludes halogenated alkanes) is 8. The molecule has 0 heterocycles. The maximum Gasteiger partial charge on any atom is 0.314 e. The van der Waals surface area contributed by atoms with Crippen LogP contribution in [0.2, 0.25) is 0 Å². The van der Waals surface area contributed by atoms with Gasteiger partial charge in [0.25, 0.3) is 0 Å². The molecule has 3 nitrogen and oxygen atoms in total. The third-order valence-corrected chi connectivity index (χ3v) is 7.83. The summed E-state index contributed by atoms with van der Waals surface area (Å²) in [5.41, 5.74) is 0.678. The summed E-state index contributed by atoms with van der Waals surface area (Å²) in [4.78, 5) is 12.7. The van der Waals surface area contributed by atoms with Crippen LogP contribution in [0.4, 0.5) is 8.78 Å². The highest BCUT2D eigenvalue weighted by Gasteiger charge is 2.27.